The Labute approximate surface area is 231 Å². The fourth-order valence-corrected chi connectivity index (χ4v) is 5.27. The van der Waals surface area contributed by atoms with Crippen molar-refractivity contribution >= 4 is 17.4 Å². The van der Waals surface area contributed by atoms with Gasteiger partial charge in [-0.05, 0) is 55.9 Å². The zero-order valence-electron chi connectivity index (χ0n) is 21.8. The third-order valence-electron chi connectivity index (χ3n) is 6.57. The number of nitrogens with zero attached hydrogens (tertiary/aromatic N) is 1. The van der Waals surface area contributed by atoms with Gasteiger partial charge in [0.05, 0.1) is 30.1 Å². The van der Waals surface area contributed by atoms with Crippen LogP contribution in [0.5, 0.6) is 0 Å². The van der Waals surface area contributed by atoms with Crippen LogP contribution in [-0.2, 0) is 10.9 Å². The van der Waals surface area contributed by atoms with Crippen LogP contribution in [0.4, 0.5) is 18.9 Å². The van der Waals surface area contributed by atoms with Gasteiger partial charge in [-0.15, -0.1) is 0 Å². The fraction of sp³-hybridized carbons (Fsp3) is 0.556. The van der Waals surface area contributed by atoms with Crippen molar-refractivity contribution in [3.05, 3.63) is 54.1 Å². The molecule has 1 heterocycles. The molecule has 6 N–H and O–H groups in total. The van der Waals surface area contributed by atoms with Crippen molar-refractivity contribution < 1.29 is 38.3 Å². The lowest BCUT2D eigenvalue weighted by atomic mass is 9.96. The largest absolute Gasteiger partial charge is 0.416 e. The molecule has 1 saturated heterocycles. The second-order valence-corrected chi connectivity index (χ2v) is 10.6. The summed E-state index contributed by atoms with van der Waals surface area (Å²) >= 11 is 1.31. The lowest BCUT2D eigenvalue weighted by Crippen LogP contribution is -2.50. The van der Waals surface area contributed by atoms with Gasteiger partial charge < -0.3 is 35.8 Å². The molecule has 3 rings (SSSR count). The van der Waals surface area contributed by atoms with E-state index >= 15 is 0 Å². The lowest BCUT2D eigenvalue weighted by molar-refractivity contribution is -0.180. The molecule has 0 saturated carbocycles. The molecule has 39 heavy (non-hydrogen) atoms. The van der Waals surface area contributed by atoms with Crippen molar-refractivity contribution in [1.82, 2.24) is 10.2 Å². The van der Waals surface area contributed by atoms with Crippen LogP contribution in [-0.4, -0.2) is 95.3 Å². The molecule has 2 aromatic rings. The van der Waals surface area contributed by atoms with Gasteiger partial charge in [0.15, 0.2) is 0 Å². The summed E-state index contributed by atoms with van der Waals surface area (Å²) in [7, 11) is 0. The highest BCUT2D eigenvalue weighted by molar-refractivity contribution is 7.99. The summed E-state index contributed by atoms with van der Waals surface area (Å²) in [6.45, 7) is 4.73. The van der Waals surface area contributed by atoms with E-state index in [2.05, 4.69) is 15.5 Å². The Morgan fingerprint density at radius 1 is 1.10 bits per heavy atom. The number of rotatable bonds is 14. The van der Waals surface area contributed by atoms with E-state index in [1.54, 1.807) is 0 Å². The molecule has 0 aromatic heterocycles. The summed E-state index contributed by atoms with van der Waals surface area (Å²) in [4.78, 5) is 3.52. The molecule has 0 radical (unpaired) electrons. The maximum absolute atomic E-state index is 12.8. The summed E-state index contributed by atoms with van der Waals surface area (Å²) in [5, 5.41) is 46.2. The lowest BCUT2D eigenvalue weighted by Gasteiger charge is -2.36. The smallest absolute Gasteiger partial charge is 0.394 e. The maximum atomic E-state index is 12.8. The van der Waals surface area contributed by atoms with Crippen molar-refractivity contribution in [2.45, 2.75) is 66.4 Å². The number of halogens is 3. The zero-order chi connectivity index (χ0) is 28.4. The van der Waals surface area contributed by atoms with Crippen LogP contribution < -0.4 is 10.6 Å². The van der Waals surface area contributed by atoms with E-state index < -0.39 is 36.3 Å². The molecule has 12 heteroatoms. The molecule has 1 fully saturated rings. The highest BCUT2D eigenvalue weighted by Crippen LogP contribution is 2.36. The number of benzene rings is 2. The molecule has 0 spiro atoms. The Hall–Kier alpha value is -1.90. The highest BCUT2D eigenvalue weighted by atomic mass is 32.2. The summed E-state index contributed by atoms with van der Waals surface area (Å²) in [6.07, 6.45) is -7.31. The van der Waals surface area contributed by atoms with E-state index in [-0.39, 0.29) is 12.7 Å². The molecular formula is C27H38F3N3O5S. The van der Waals surface area contributed by atoms with E-state index in [0.29, 0.717) is 49.6 Å². The van der Waals surface area contributed by atoms with Gasteiger partial charge in [-0.3, -0.25) is 4.90 Å². The molecule has 1 aliphatic rings. The summed E-state index contributed by atoms with van der Waals surface area (Å²) in [6, 6.07) is 12.3. The minimum Gasteiger partial charge on any atom is -0.394 e. The van der Waals surface area contributed by atoms with Crippen LogP contribution in [0, 0.1) is 0 Å². The molecule has 218 valence electrons. The van der Waals surface area contributed by atoms with Crippen molar-refractivity contribution in [2.75, 3.05) is 44.6 Å². The van der Waals surface area contributed by atoms with E-state index in [9.17, 15) is 33.6 Å². The minimum absolute atomic E-state index is 0.248. The number of anilines is 1. The van der Waals surface area contributed by atoms with Gasteiger partial charge in [-0.25, -0.2) is 0 Å². The van der Waals surface area contributed by atoms with E-state index in [0.717, 1.165) is 23.6 Å². The van der Waals surface area contributed by atoms with Gasteiger partial charge >= 0.3 is 6.18 Å². The predicted octanol–water partition coefficient (Wildman–Crippen LogP) is 2.76. The Morgan fingerprint density at radius 3 is 2.49 bits per heavy atom. The van der Waals surface area contributed by atoms with Crippen molar-refractivity contribution in [1.29, 1.82) is 0 Å². The van der Waals surface area contributed by atoms with Crippen LogP contribution in [0.2, 0.25) is 0 Å². The predicted molar refractivity (Wildman–Crippen MR) is 144 cm³/mol. The molecule has 2 aromatic carbocycles. The number of likely N-dealkylation sites (N-methyl/N-ethyl adjacent to an activating group) is 1. The summed E-state index contributed by atoms with van der Waals surface area (Å²) < 4.78 is 44.2. The van der Waals surface area contributed by atoms with E-state index in [1.165, 1.54) is 23.9 Å². The first-order valence-electron chi connectivity index (χ1n) is 13.0. The van der Waals surface area contributed by atoms with E-state index in [1.807, 2.05) is 31.2 Å². The fourth-order valence-electron chi connectivity index (χ4n) is 4.36. The second-order valence-electron chi connectivity index (χ2n) is 9.49. The third-order valence-corrected chi connectivity index (χ3v) is 7.66. The van der Waals surface area contributed by atoms with Crippen LogP contribution in [0.25, 0.3) is 0 Å². The van der Waals surface area contributed by atoms with Crippen molar-refractivity contribution in [2.24, 2.45) is 0 Å². The van der Waals surface area contributed by atoms with E-state index in [4.69, 9.17) is 4.74 Å². The maximum Gasteiger partial charge on any atom is 0.416 e. The molecule has 1 aliphatic heterocycles. The first-order chi connectivity index (χ1) is 18.6. The SMILES string of the molecule is CCN(CCNCC[C@@H]1CC(O)[C@H](O)C(CO)O1)CC(O)Nc1ccccc1Sc1ccc(C(F)(F)F)cc1. The average molecular weight is 574 g/mol. The number of alkyl halides is 3. The number of aliphatic hydroxyl groups is 4. The molecule has 8 nitrogen and oxygen atoms in total. The van der Waals surface area contributed by atoms with Crippen LogP contribution in [0.15, 0.2) is 58.3 Å². The highest BCUT2D eigenvalue weighted by Gasteiger charge is 2.36. The molecule has 3 unspecified atom stereocenters. The first-order valence-corrected chi connectivity index (χ1v) is 13.9. The van der Waals surface area contributed by atoms with Crippen LogP contribution in [0.1, 0.15) is 25.3 Å². The van der Waals surface area contributed by atoms with Gasteiger partial charge in [0.2, 0.25) is 0 Å². The Kier molecular flexibility index (Phi) is 12.3. The van der Waals surface area contributed by atoms with Gasteiger partial charge in [0.1, 0.15) is 18.4 Å². The van der Waals surface area contributed by atoms with Gasteiger partial charge in [0.25, 0.3) is 0 Å². The number of aliphatic hydroxyl groups excluding tert-OH is 4. The topological polar surface area (TPSA) is 117 Å². The molecule has 5 atom stereocenters. The Bertz CT molecular complexity index is 1000. The number of hydrogen-bond acceptors (Lipinski definition) is 9. The summed E-state index contributed by atoms with van der Waals surface area (Å²) in [5.41, 5.74) is -0.0100. The standard InChI is InChI=1S/C27H38F3N3O5S/c1-2-33(14-13-31-12-11-19-15-22(35)26(37)23(17-34)38-19)16-25(36)32-21-5-3-4-6-24(21)39-20-9-7-18(8-10-20)27(28,29)30/h3-10,19,22-23,25-26,31-32,34-37H,2,11-17H2,1H3/t19-,22?,23?,25?,26+/m1/s1. The molecule has 0 amide bonds. The second kappa shape index (κ2) is 15.2. The summed E-state index contributed by atoms with van der Waals surface area (Å²) in [5.74, 6) is 0. The Balaban J connectivity index is 1.43. The van der Waals surface area contributed by atoms with Crippen LogP contribution in [0.3, 0.4) is 0 Å². The minimum atomic E-state index is -4.38. The Morgan fingerprint density at radius 2 is 1.82 bits per heavy atom. The number of hydrogen-bond donors (Lipinski definition) is 6. The third kappa shape index (κ3) is 9.90. The zero-order valence-corrected chi connectivity index (χ0v) is 22.7. The van der Waals surface area contributed by atoms with Crippen molar-refractivity contribution in [3.63, 3.8) is 0 Å². The molecule has 0 bridgehead atoms. The van der Waals surface area contributed by atoms with Crippen molar-refractivity contribution in [3.8, 4) is 0 Å². The molecular weight excluding hydrogens is 535 g/mol. The van der Waals surface area contributed by atoms with Gasteiger partial charge in [-0.2, -0.15) is 13.2 Å². The average Bonchev–Trinajstić information content (AvgIpc) is 2.90. The number of ether oxygens (including phenoxy) is 1. The van der Waals surface area contributed by atoms with Gasteiger partial charge in [-0.1, -0.05) is 30.8 Å². The monoisotopic (exact) mass is 573 g/mol. The molecule has 0 aliphatic carbocycles. The quantitative estimate of drug-likeness (QED) is 0.150. The number of nitrogens with one attached hydrogen (secondary N) is 2. The number of para-hydroxylation sites is 1. The van der Waals surface area contributed by atoms with Gasteiger partial charge in [0, 0.05) is 35.8 Å². The normalized spacial score (nSPS) is 22.7. The van der Waals surface area contributed by atoms with Crippen LogP contribution >= 0.6 is 11.8 Å². The first kappa shape index (κ1) is 31.6.